The first kappa shape index (κ1) is 16.9. The van der Waals surface area contributed by atoms with Crippen molar-refractivity contribution in [1.29, 1.82) is 0 Å². The van der Waals surface area contributed by atoms with Crippen molar-refractivity contribution in [2.45, 2.75) is 19.5 Å². The minimum atomic E-state index is -0.889. The van der Waals surface area contributed by atoms with Crippen molar-refractivity contribution < 1.29 is 19.4 Å². The Labute approximate surface area is 146 Å². The molecule has 0 atom stereocenters. The number of nitrogens with one attached hydrogen (secondary N) is 1. The molecule has 2 N–H and O–H groups in total. The average molecular weight is 343 g/mol. The number of benzene rings is 1. The van der Waals surface area contributed by atoms with Crippen molar-refractivity contribution in [3.05, 3.63) is 47.2 Å². The number of rotatable bonds is 5. The molecule has 0 saturated heterocycles. The van der Waals surface area contributed by atoms with Crippen LogP contribution >= 0.6 is 0 Å². The smallest absolute Gasteiger partial charge is 0.407 e. The van der Waals surface area contributed by atoms with E-state index in [1.807, 2.05) is 30.5 Å². The number of carboxylic acid groups (broad SMARTS) is 1. The Balaban J connectivity index is 1.72. The molecule has 1 aromatic heterocycles. The maximum atomic E-state index is 11.2. The monoisotopic (exact) mass is 343 g/mol. The Bertz CT molecular complexity index is 779. The van der Waals surface area contributed by atoms with Crippen LogP contribution in [-0.2, 0) is 19.5 Å². The summed E-state index contributed by atoms with van der Waals surface area (Å²) in [7, 11) is 3.24. The van der Waals surface area contributed by atoms with Crippen LogP contribution in [0.25, 0.3) is 0 Å². The van der Waals surface area contributed by atoms with Crippen LogP contribution in [0.15, 0.2) is 30.5 Å². The third-order valence-electron chi connectivity index (χ3n) is 4.32. The molecule has 25 heavy (non-hydrogen) atoms. The van der Waals surface area contributed by atoms with E-state index in [-0.39, 0.29) is 0 Å². The highest BCUT2D eigenvalue weighted by Crippen LogP contribution is 2.26. The van der Waals surface area contributed by atoms with Crippen molar-refractivity contribution in [2.75, 3.05) is 26.1 Å². The predicted molar refractivity (Wildman–Crippen MR) is 93.2 cm³/mol. The van der Waals surface area contributed by atoms with Gasteiger partial charge >= 0.3 is 6.09 Å². The number of ether oxygens (including phenoxy) is 2. The molecule has 0 spiro atoms. The van der Waals surface area contributed by atoms with Crippen LogP contribution in [0.4, 0.5) is 10.6 Å². The maximum absolute atomic E-state index is 11.2. The molecule has 2 aromatic rings. The quantitative estimate of drug-likeness (QED) is 0.868. The molecule has 0 bridgehead atoms. The third-order valence-corrected chi connectivity index (χ3v) is 4.32. The number of nitrogens with zero attached hydrogens (tertiary/aromatic N) is 2. The lowest BCUT2D eigenvalue weighted by atomic mass is 10.0. The normalized spacial score (nSPS) is 13.1. The number of carbonyl (C=O) groups is 1. The van der Waals surface area contributed by atoms with E-state index in [1.165, 1.54) is 4.90 Å². The number of methoxy groups -OCH3 is 2. The molecule has 1 aromatic carbocycles. The molecular formula is C18H21N3O4. The van der Waals surface area contributed by atoms with Gasteiger partial charge in [-0.05, 0) is 35.7 Å². The van der Waals surface area contributed by atoms with E-state index in [1.54, 1.807) is 14.2 Å². The second-order valence-electron chi connectivity index (χ2n) is 5.82. The molecule has 2 heterocycles. The van der Waals surface area contributed by atoms with Gasteiger partial charge in [-0.15, -0.1) is 0 Å². The SMILES string of the molecule is COc1ccc(CNc2cc3c(cn2)CCN(C(=O)O)C3)c(OC)c1. The first-order valence-electron chi connectivity index (χ1n) is 8.01. The van der Waals surface area contributed by atoms with Crippen molar-refractivity contribution in [1.82, 2.24) is 9.88 Å². The van der Waals surface area contributed by atoms with Crippen LogP contribution in [0.3, 0.4) is 0 Å². The van der Waals surface area contributed by atoms with Gasteiger partial charge in [-0.25, -0.2) is 9.78 Å². The molecule has 1 amide bonds. The van der Waals surface area contributed by atoms with E-state index < -0.39 is 6.09 Å². The lowest BCUT2D eigenvalue weighted by molar-refractivity contribution is 0.140. The largest absolute Gasteiger partial charge is 0.497 e. The summed E-state index contributed by atoms with van der Waals surface area (Å²) in [6, 6.07) is 7.57. The molecule has 0 radical (unpaired) electrons. The van der Waals surface area contributed by atoms with Crippen LogP contribution in [0.5, 0.6) is 11.5 Å². The summed E-state index contributed by atoms with van der Waals surface area (Å²) in [4.78, 5) is 17.0. The first-order valence-corrected chi connectivity index (χ1v) is 8.01. The summed E-state index contributed by atoms with van der Waals surface area (Å²) in [5, 5.41) is 12.4. The zero-order valence-corrected chi connectivity index (χ0v) is 14.3. The van der Waals surface area contributed by atoms with Gasteiger partial charge in [0.25, 0.3) is 0 Å². The molecule has 0 aliphatic carbocycles. The lowest BCUT2D eigenvalue weighted by Gasteiger charge is -2.26. The summed E-state index contributed by atoms with van der Waals surface area (Å²) >= 11 is 0. The Kier molecular flexibility index (Phi) is 4.92. The van der Waals surface area contributed by atoms with Crippen molar-refractivity contribution in [3.8, 4) is 11.5 Å². The number of aromatic nitrogens is 1. The number of amides is 1. The zero-order valence-electron chi connectivity index (χ0n) is 14.3. The van der Waals surface area contributed by atoms with Gasteiger partial charge in [0.05, 0.1) is 14.2 Å². The van der Waals surface area contributed by atoms with Gasteiger partial charge in [0.1, 0.15) is 17.3 Å². The molecule has 0 saturated carbocycles. The van der Waals surface area contributed by atoms with E-state index >= 15 is 0 Å². The maximum Gasteiger partial charge on any atom is 0.407 e. The number of hydrogen-bond acceptors (Lipinski definition) is 5. The van der Waals surface area contributed by atoms with Gasteiger partial charge in [-0.3, -0.25) is 0 Å². The van der Waals surface area contributed by atoms with Crippen molar-refractivity contribution >= 4 is 11.9 Å². The molecule has 132 valence electrons. The van der Waals surface area contributed by atoms with Crippen molar-refractivity contribution in [3.63, 3.8) is 0 Å². The molecule has 1 aliphatic rings. The van der Waals surface area contributed by atoms with Gasteiger partial charge in [-0.2, -0.15) is 0 Å². The van der Waals surface area contributed by atoms with Gasteiger partial charge < -0.3 is 24.8 Å². The molecule has 7 nitrogen and oxygen atoms in total. The summed E-state index contributed by atoms with van der Waals surface area (Å²) in [5.74, 6) is 2.19. The Morgan fingerprint density at radius 1 is 1.28 bits per heavy atom. The van der Waals surface area contributed by atoms with Crippen LogP contribution < -0.4 is 14.8 Å². The fraction of sp³-hybridized carbons (Fsp3) is 0.333. The van der Waals surface area contributed by atoms with Crippen LogP contribution in [0, 0.1) is 0 Å². The van der Waals surface area contributed by atoms with Crippen LogP contribution in [0.2, 0.25) is 0 Å². The Morgan fingerprint density at radius 3 is 2.84 bits per heavy atom. The fourth-order valence-electron chi connectivity index (χ4n) is 2.88. The molecule has 1 aliphatic heterocycles. The number of fused-ring (bicyclic) bond motifs is 1. The van der Waals surface area contributed by atoms with Crippen molar-refractivity contribution in [2.24, 2.45) is 0 Å². The number of hydrogen-bond donors (Lipinski definition) is 2. The minimum absolute atomic E-state index is 0.397. The van der Waals surface area contributed by atoms with E-state index in [0.29, 0.717) is 31.9 Å². The Hall–Kier alpha value is -2.96. The highest BCUT2D eigenvalue weighted by Gasteiger charge is 2.20. The Morgan fingerprint density at radius 2 is 2.12 bits per heavy atom. The highest BCUT2D eigenvalue weighted by atomic mass is 16.5. The minimum Gasteiger partial charge on any atom is -0.497 e. The summed E-state index contributed by atoms with van der Waals surface area (Å²) < 4.78 is 10.6. The van der Waals surface area contributed by atoms with E-state index in [0.717, 1.165) is 28.2 Å². The second-order valence-corrected chi connectivity index (χ2v) is 5.82. The summed E-state index contributed by atoms with van der Waals surface area (Å²) in [6.45, 7) is 1.45. The summed E-state index contributed by atoms with van der Waals surface area (Å²) in [6.07, 6.45) is 1.63. The van der Waals surface area contributed by atoms with Gasteiger partial charge in [0, 0.05) is 37.5 Å². The van der Waals surface area contributed by atoms with Gasteiger partial charge in [0.15, 0.2) is 0 Å². The van der Waals surface area contributed by atoms with Crippen LogP contribution in [0.1, 0.15) is 16.7 Å². The van der Waals surface area contributed by atoms with E-state index in [2.05, 4.69) is 10.3 Å². The van der Waals surface area contributed by atoms with Gasteiger partial charge in [-0.1, -0.05) is 0 Å². The lowest BCUT2D eigenvalue weighted by Crippen LogP contribution is -2.34. The molecular weight excluding hydrogens is 322 g/mol. The summed E-state index contributed by atoms with van der Waals surface area (Å²) in [5.41, 5.74) is 3.08. The molecule has 3 rings (SSSR count). The fourth-order valence-corrected chi connectivity index (χ4v) is 2.88. The van der Waals surface area contributed by atoms with E-state index in [4.69, 9.17) is 14.6 Å². The molecule has 7 heteroatoms. The number of pyridine rings is 1. The van der Waals surface area contributed by atoms with Gasteiger partial charge in [0.2, 0.25) is 0 Å². The molecule has 0 fully saturated rings. The zero-order chi connectivity index (χ0) is 17.8. The first-order chi connectivity index (χ1) is 12.1. The van der Waals surface area contributed by atoms with Crippen LogP contribution in [-0.4, -0.2) is 41.8 Å². The number of anilines is 1. The highest BCUT2D eigenvalue weighted by molar-refractivity contribution is 5.65. The second kappa shape index (κ2) is 7.29. The standard InChI is InChI=1S/C18H21N3O4/c1-24-15-4-3-13(16(8-15)25-2)10-20-17-7-14-11-21(18(22)23)6-5-12(14)9-19-17/h3-4,7-9H,5-6,10-11H2,1-2H3,(H,19,20)(H,22,23). The third kappa shape index (κ3) is 3.76. The topological polar surface area (TPSA) is 83.9 Å². The average Bonchev–Trinajstić information content (AvgIpc) is 2.65. The predicted octanol–water partition coefficient (Wildman–Crippen LogP) is 2.75. The molecule has 0 unspecified atom stereocenters. The van der Waals surface area contributed by atoms with E-state index in [9.17, 15) is 4.79 Å².